The van der Waals surface area contributed by atoms with E-state index in [1.807, 2.05) is 29.2 Å². The van der Waals surface area contributed by atoms with Gasteiger partial charge in [0.1, 0.15) is 17.8 Å². The van der Waals surface area contributed by atoms with Crippen LogP contribution in [-0.4, -0.2) is 54.1 Å². The van der Waals surface area contributed by atoms with Gasteiger partial charge in [0.05, 0.1) is 13.7 Å². The zero-order chi connectivity index (χ0) is 19.9. The van der Waals surface area contributed by atoms with Crippen molar-refractivity contribution in [2.24, 2.45) is 0 Å². The van der Waals surface area contributed by atoms with E-state index < -0.39 is 5.43 Å². The van der Waals surface area contributed by atoms with Crippen LogP contribution in [0.3, 0.4) is 0 Å². The van der Waals surface area contributed by atoms with Crippen molar-refractivity contribution >= 4 is 5.91 Å². The summed E-state index contributed by atoms with van der Waals surface area (Å²) in [5.74, 6) is 1.11. The summed E-state index contributed by atoms with van der Waals surface area (Å²) in [6.45, 7) is 3.43. The number of methoxy groups -OCH3 is 1. The second kappa shape index (κ2) is 9.41. The van der Waals surface area contributed by atoms with Gasteiger partial charge in [-0.3, -0.25) is 14.5 Å². The first-order valence-corrected chi connectivity index (χ1v) is 9.49. The number of carbonyl (C=O) groups excluding carboxylic acids is 1. The SMILES string of the molecule is COc1ccc(CCC(=O)N2CCCN(Cc3cc(=O)c(O)co3)CC2)cc1. The maximum absolute atomic E-state index is 12.6. The van der Waals surface area contributed by atoms with Crippen molar-refractivity contribution in [3.8, 4) is 11.5 Å². The Morgan fingerprint density at radius 3 is 2.68 bits per heavy atom. The third-order valence-corrected chi connectivity index (χ3v) is 4.97. The topological polar surface area (TPSA) is 83.2 Å². The van der Waals surface area contributed by atoms with E-state index in [0.717, 1.165) is 43.6 Å². The van der Waals surface area contributed by atoms with E-state index in [9.17, 15) is 14.7 Å². The van der Waals surface area contributed by atoms with E-state index >= 15 is 0 Å². The zero-order valence-corrected chi connectivity index (χ0v) is 16.1. The van der Waals surface area contributed by atoms with Crippen LogP contribution < -0.4 is 10.2 Å². The van der Waals surface area contributed by atoms with Gasteiger partial charge in [-0.2, -0.15) is 0 Å². The lowest BCUT2D eigenvalue weighted by atomic mass is 10.1. The van der Waals surface area contributed by atoms with Gasteiger partial charge in [0.15, 0.2) is 5.75 Å². The van der Waals surface area contributed by atoms with E-state index in [0.29, 0.717) is 31.7 Å². The number of aryl methyl sites for hydroxylation is 1. The number of carbonyl (C=O) groups is 1. The van der Waals surface area contributed by atoms with Gasteiger partial charge in [-0.15, -0.1) is 0 Å². The number of aromatic hydroxyl groups is 1. The van der Waals surface area contributed by atoms with Crippen LogP contribution in [-0.2, 0) is 17.8 Å². The molecule has 3 rings (SSSR count). The molecule has 2 aromatic rings. The fourth-order valence-electron chi connectivity index (χ4n) is 3.33. The summed E-state index contributed by atoms with van der Waals surface area (Å²) in [4.78, 5) is 28.2. The fraction of sp³-hybridized carbons (Fsp3) is 0.429. The Balaban J connectivity index is 1.48. The van der Waals surface area contributed by atoms with E-state index in [2.05, 4.69) is 4.90 Å². The number of amides is 1. The third-order valence-electron chi connectivity index (χ3n) is 4.97. The molecule has 1 aromatic heterocycles. The van der Waals surface area contributed by atoms with Gasteiger partial charge < -0.3 is 19.2 Å². The monoisotopic (exact) mass is 386 g/mol. The molecule has 0 unspecified atom stereocenters. The second-order valence-corrected chi connectivity index (χ2v) is 6.95. The van der Waals surface area contributed by atoms with E-state index in [1.165, 1.54) is 6.07 Å². The maximum atomic E-state index is 12.6. The Morgan fingerprint density at radius 1 is 1.18 bits per heavy atom. The Bertz CT molecular complexity index is 847. The lowest BCUT2D eigenvalue weighted by Gasteiger charge is -2.21. The van der Waals surface area contributed by atoms with Crippen LogP contribution in [0.5, 0.6) is 11.5 Å². The van der Waals surface area contributed by atoms with Crippen molar-refractivity contribution in [1.29, 1.82) is 0 Å². The summed E-state index contributed by atoms with van der Waals surface area (Å²) in [6, 6.07) is 9.11. The Labute approximate surface area is 164 Å². The van der Waals surface area contributed by atoms with Crippen molar-refractivity contribution in [1.82, 2.24) is 9.80 Å². The highest BCUT2D eigenvalue weighted by Crippen LogP contribution is 2.14. The highest BCUT2D eigenvalue weighted by molar-refractivity contribution is 5.76. The molecule has 150 valence electrons. The Kier molecular flexibility index (Phi) is 6.71. The molecule has 0 aliphatic carbocycles. The van der Waals surface area contributed by atoms with E-state index in [1.54, 1.807) is 7.11 Å². The van der Waals surface area contributed by atoms with Crippen molar-refractivity contribution in [2.75, 3.05) is 33.3 Å². The Hall–Kier alpha value is -2.80. The minimum absolute atomic E-state index is 0.161. The first-order valence-electron chi connectivity index (χ1n) is 9.49. The molecule has 2 heterocycles. The zero-order valence-electron chi connectivity index (χ0n) is 16.1. The van der Waals surface area contributed by atoms with Crippen LogP contribution >= 0.6 is 0 Å². The molecule has 0 saturated carbocycles. The molecule has 0 atom stereocenters. The van der Waals surface area contributed by atoms with Crippen molar-refractivity contribution in [2.45, 2.75) is 25.8 Å². The molecule has 0 spiro atoms. The molecule has 7 nitrogen and oxygen atoms in total. The molecular weight excluding hydrogens is 360 g/mol. The number of hydrogen-bond donors (Lipinski definition) is 1. The van der Waals surface area contributed by atoms with Gasteiger partial charge in [-0.1, -0.05) is 12.1 Å². The normalized spacial score (nSPS) is 15.2. The molecule has 7 heteroatoms. The summed E-state index contributed by atoms with van der Waals surface area (Å²) < 4.78 is 10.4. The van der Waals surface area contributed by atoms with E-state index in [-0.39, 0.29) is 11.7 Å². The molecule has 1 fully saturated rings. The molecule has 1 aliphatic heterocycles. The van der Waals surface area contributed by atoms with Gasteiger partial charge in [0.25, 0.3) is 0 Å². The molecule has 1 aromatic carbocycles. The molecule has 0 bridgehead atoms. The molecule has 28 heavy (non-hydrogen) atoms. The van der Waals surface area contributed by atoms with Crippen LogP contribution in [0.25, 0.3) is 0 Å². The average Bonchev–Trinajstić information content (AvgIpc) is 2.95. The average molecular weight is 386 g/mol. The van der Waals surface area contributed by atoms with Crippen LogP contribution in [0.2, 0.25) is 0 Å². The predicted octanol–water partition coefficient (Wildman–Crippen LogP) is 2.02. The van der Waals surface area contributed by atoms with Crippen molar-refractivity contribution in [3.63, 3.8) is 0 Å². The predicted molar refractivity (Wildman–Crippen MR) is 104 cm³/mol. The van der Waals surface area contributed by atoms with Gasteiger partial charge in [0, 0.05) is 38.7 Å². The molecular formula is C21H26N2O5. The van der Waals surface area contributed by atoms with Gasteiger partial charge in [-0.05, 0) is 30.5 Å². The summed E-state index contributed by atoms with van der Waals surface area (Å²) in [6.07, 6.45) is 3.14. The minimum atomic E-state index is -0.439. The fourth-order valence-corrected chi connectivity index (χ4v) is 3.33. The third kappa shape index (κ3) is 5.36. The highest BCUT2D eigenvalue weighted by atomic mass is 16.5. The first kappa shape index (κ1) is 19.9. The van der Waals surface area contributed by atoms with Crippen molar-refractivity contribution in [3.05, 3.63) is 58.1 Å². The largest absolute Gasteiger partial charge is 0.502 e. The molecule has 1 saturated heterocycles. The molecule has 0 radical (unpaired) electrons. The van der Waals surface area contributed by atoms with Crippen LogP contribution in [0, 0.1) is 0 Å². The number of ether oxygens (including phenoxy) is 1. The van der Waals surface area contributed by atoms with E-state index in [4.69, 9.17) is 9.15 Å². The number of nitrogens with zero attached hydrogens (tertiary/aromatic N) is 2. The quantitative estimate of drug-likeness (QED) is 0.818. The lowest BCUT2D eigenvalue weighted by Crippen LogP contribution is -2.35. The lowest BCUT2D eigenvalue weighted by molar-refractivity contribution is -0.131. The molecule has 1 amide bonds. The molecule has 1 aliphatic rings. The summed E-state index contributed by atoms with van der Waals surface area (Å²) in [7, 11) is 1.64. The second-order valence-electron chi connectivity index (χ2n) is 6.95. The van der Waals surface area contributed by atoms with Crippen LogP contribution in [0.4, 0.5) is 0 Å². The van der Waals surface area contributed by atoms with Gasteiger partial charge >= 0.3 is 0 Å². The summed E-state index contributed by atoms with van der Waals surface area (Å²) in [5.41, 5.74) is 0.680. The maximum Gasteiger partial charge on any atom is 0.226 e. The standard InChI is InChI=1S/C21H26N2O5/c1-27-17-6-3-16(4-7-17)5-8-21(26)23-10-2-9-22(11-12-23)14-18-13-19(24)20(25)15-28-18/h3-4,6-7,13,15,25H,2,5,8-12,14H2,1H3. The van der Waals surface area contributed by atoms with Crippen molar-refractivity contribution < 1.29 is 19.1 Å². The van der Waals surface area contributed by atoms with Gasteiger partial charge in [0.2, 0.25) is 11.3 Å². The first-order chi connectivity index (χ1) is 13.5. The summed E-state index contributed by atoms with van der Waals surface area (Å²) >= 11 is 0. The molecule has 1 N–H and O–H groups in total. The number of hydrogen-bond acceptors (Lipinski definition) is 6. The summed E-state index contributed by atoms with van der Waals surface area (Å²) in [5, 5.41) is 9.28. The Morgan fingerprint density at radius 2 is 1.96 bits per heavy atom. The smallest absolute Gasteiger partial charge is 0.226 e. The minimum Gasteiger partial charge on any atom is -0.502 e. The van der Waals surface area contributed by atoms with Gasteiger partial charge in [-0.25, -0.2) is 0 Å². The highest BCUT2D eigenvalue weighted by Gasteiger charge is 2.19. The van der Waals surface area contributed by atoms with Crippen LogP contribution in [0.1, 0.15) is 24.2 Å². The number of rotatable bonds is 6. The number of benzene rings is 1. The van der Waals surface area contributed by atoms with Crippen LogP contribution in [0.15, 0.2) is 45.8 Å².